The fraction of sp³-hybridized carbons (Fsp3) is 0.700. The molecule has 1 aliphatic rings. The van der Waals surface area contributed by atoms with Gasteiger partial charge in [0.25, 0.3) is 0 Å². The van der Waals surface area contributed by atoms with Gasteiger partial charge in [0.1, 0.15) is 5.01 Å². The third-order valence-corrected chi connectivity index (χ3v) is 3.40. The van der Waals surface area contributed by atoms with Crippen LogP contribution in [0.4, 0.5) is 0 Å². The van der Waals surface area contributed by atoms with Gasteiger partial charge < -0.3 is 9.84 Å². The summed E-state index contributed by atoms with van der Waals surface area (Å²) in [6, 6.07) is 0. The smallest absolute Gasteiger partial charge is 0.107 e. The minimum absolute atomic E-state index is 0.0280. The van der Waals surface area contributed by atoms with Gasteiger partial charge in [-0.1, -0.05) is 0 Å². The van der Waals surface area contributed by atoms with Crippen molar-refractivity contribution in [1.82, 2.24) is 9.88 Å². The summed E-state index contributed by atoms with van der Waals surface area (Å²) in [5.41, 5.74) is 1.09. The number of thiazole rings is 1. The minimum atomic E-state index is -0.0280. The van der Waals surface area contributed by atoms with E-state index in [4.69, 9.17) is 9.84 Å². The Balaban J connectivity index is 1.88. The van der Waals surface area contributed by atoms with Crippen LogP contribution in [0.25, 0.3) is 0 Å². The van der Waals surface area contributed by atoms with Crippen molar-refractivity contribution in [3.8, 4) is 0 Å². The van der Waals surface area contributed by atoms with E-state index in [2.05, 4.69) is 15.3 Å². The van der Waals surface area contributed by atoms with Crippen molar-refractivity contribution < 1.29 is 9.84 Å². The van der Waals surface area contributed by atoms with Crippen LogP contribution in [0.1, 0.15) is 10.7 Å². The van der Waals surface area contributed by atoms with Gasteiger partial charge in [0.15, 0.2) is 0 Å². The van der Waals surface area contributed by atoms with E-state index in [1.807, 2.05) is 6.92 Å². The predicted molar refractivity (Wildman–Crippen MR) is 59.0 cm³/mol. The maximum atomic E-state index is 9.01. The molecule has 0 spiro atoms. The Morgan fingerprint density at radius 2 is 2.60 bits per heavy atom. The van der Waals surface area contributed by atoms with Crippen molar-refractivity contribution in [3.05, 3.63) is 16.1 Å². The molecule has 0 amide bonds. The first kappa shape index (κ1) is 11.0. The molecule has 2 rings (SSSR count). The molecule has 1 atom stereocenters. The molecule has 15 heavy (non-hydrogen) atoms. The van der Waals surface area contributed by atoms with Crippen LogP contribution in [0, 0.1) is 6.92 Å². The summed E-state index contributed by atoms with van der Waals surface area (Å²) in [6.07, 6.45) is -0.0280. The van der Waals surface area contributed by atoms with E-state index in [1.54, 1.807) is 11.3 Å². The van der Waals surface area contributed by atoms with Crippen molar-refractivity contribution in [2.24, 2.45) is 0 Å². The molecule has 1 aliphatic heterocycles. The van der Waals surface area contributed by atoms with Gasteiger partial charge >= 0.3 is 0 Å². The molecule has 0 bridgehead atoms. The molecular weight excluding hydrogens is 212 g/mol. The molecule has 2 heterocycles. The van der Waals surface area contributed by atoms with Crippen molar-refractivity contribution in [2.75, 3.05) is 26.3 Å². The number of morpholine rings is 1. The number of aliphatic hydroxyl groups excluding tert-OH is 1. The third kappa shape index (κ3) is 2.98. The number of aromatic nitrogens is 1. The summed E-state index contributed by atoms with van der Waals surface area (Å²) in [5, 5.41) is 12.2. The summed E-state index contributed by atoms with van der Waals surface area (Å²) in [4.78, 5) is 6.71. The Bertz CT molecular complexity index is 316. The zero-order valence-electron chi connectivity index (χ0n) is 8.85. The van der Waals surface area contributed by atoms with Crippen LogP contribution in [-0.4, -0.2) is 47.4 Å². The van der Waals surface area contributed by atoms with E-state index in [-0.39, 0.29) is 12.7 Å². The first-order valence-corrected chi connectivity index (χ1v) is 6.01. The maximum Gasteiger partial charge on any atom is 0.107 e. The first-order valence-electron chi connectivity index (χ1n) is 5.14. The normalized spacial score (nSPS) is 23.2. The average molecular weight is 228 g/mol. The largest absolute Gasteiger partial charge is 0.394 e. The number of hydrogen-bond donors (Lipinski definition) is 1. The van der Waals surface area contributed by atoms with Crippen LogP contribution in [0.5, 0.6) is 0 Å². The second-order valence-electron chi connectivity index (χ2n) is 3.79. The minimum Gasteiger partial charge on any atom is -0.394 e. The van der Waals surface area contributed by atoms with Crippen LogP contribution >= 0.6 is 11.3 Å². The molecular formula is C10H16N2O2S. The highest BCUT2D eigenvalue weighted by Crippen LogP contribution is 2.14. The molecule has 5 heteroatoms. The van der Waals surface area contributed by atoms with Gasteiger partial charge in [-0.3, -0.25) is 4.90 Å². The molecule has 4 nitrogen and oxygen atoms in total. The first-order chi connectivity index (χ1) is 7.28. The van der Waals surface area contributed by atoms with Crippen LogP contribution in [0.2, 0.25) is 0 Å². The predicted octanol–water partition coefficient (Wildman–Crippen LogP) is 0.645. The highest BCUT2D eigenvalue weighted by atomic mass is 32.1. The van der Waals surface area contributed by atoms with Crippen LogP contribution < -0.4 is 0 Å². The molecule has 1 unspecified atom stereocenters. The van der Waals surface area contributed by atoms with Crippen LogP contribution in [0.3, 0.4) is 0 Å². The molecule has 1 aromatic heterocycles. The van der Waals surface area contributed by atoms with Gasteiger partial charge in [0.2, 0.25) is 0 Å². The van der Waals surface area contributed by atoms with Crippen LogP contribution in [-0.2, 0) is 11.3 Å². The lowest BCUT2D eigenvalue weighted by Crippen LogP contribution is -2.43. The molecule has 0 saturated carbocycles. The Labute approximate surface area is 93.5 Å². The number of ether oxygens (including phenoxy) is 1. The standard InChI is InChI=1S/C10H16N2O2S/c1-8-7-15-10(11-8)5-12-2-3-14-9(4-12)6-13/h7,9,13H,2-6H2,1H3. The number of aliphatic hydroxyl groups is 1. The van der Waals surface area contributed by atoms with Gasteiger partial charge in [-0.2, -0.15) is 0 Å². The Morgan fingerprint density at radius 1 is 1.73 bits per heavy atom. The monoisotopic (exact) mass is 228 g/mol. The van der Waals surface area contributed by atoms with E-state index in [0.717, 1.165) is 30.3 Å². The molecule has 0 aromatic carbocycles. The van der Waals surface area contributed by atoms with Crippen LogP contribution in [0.15, 0.2) is 5.38 Å². The fourth-order valence-corrected chi connectivity index (χ4v) is 2.51. The molecule has 1 saturated heterocycles. The van der Waals surface area contributed by atoms with E-state index in [9.17, 15) is 0 Å². The highest BCUT2D eigenvalue weighted by molar-refractivity contribution is 7.09. The zero-order chi connectivity index (χ0) is 10.7. The lowest BCUT2D eigenvalue weighted by atomic mass is 10.3. The SMILES string of the molecule is Cc1csc(CN2CCOC(CO)C2)n1. The molecule has 1 fully saturated rings. The van der Waals surface area contributed by atoms with E-state index >= 15 is 0 Å². The van der Waals surface area contributed by atoms with Crippen molar-refractivity contribution in [3.63, 3.8) is 0 Å². The Morgan fingerprint density at radius 3 is 3.27 bits per heavy atom. The number of hydrogen-bond acceptors (Lipinski definition) is 5. The topological polar surface area (TPSA) is 45.6 Å². The van der Waals surface area contributed by atoms with Crippen molar-refractivity contribution >= 4 is 11.3 Å². The molecule has 0 aliphatic carbocycles. The van der Waals surface area contributed by atoms with E-state index < -0.39 is 0 Å². The summed E-state index contributed by atoms with van der Waals surface area (Å²) < 4.78 is 5.39. The molecule has 0 radical (unpaired) electrons. The lowest BCUT2D eigenvalue weighted by Gasteiger charge is -2.31. The number of nitrogens with zero attached hydrogens (tertiary/aromatic N) is 2. The summed E-state index contributed by atoms with van der Waals surface area (Å²) >= 11 is 1.70. The molecule has 1 N–H and O–H groups in total. The lowest BCUT2D eigenvalue weighted by molar-refractivity contribution is -0.0551. The van der Waals surface area contributed by atoms with Gasteiger partial charge in [-0.15, -0.1) is 11.3 Å². The van der Waals surface area contributed by atoms with Gasteiger partial charge in [-0.25, -0.2) is 4.98 Å². The summed E-state index contributed by atoms with van der Waals surface area (Å²) in [5.74, 6) is 0. The Kier molecular flexibility index (Phi) is 3.69. The maximum absolute atomic E-state index is 9.01. The Hall–Kier alpha value is -0.490. The van der Waals surface area contributed by atoms with Gasteiger partial charge in [0.05, 0.1) is 25.9 Å². The van der Waals surface area contributed by atoms with Crippen molar-refractivity contribution in [2.45, 2.75) is 19.6 Å². The average Bonchev–Trinajstić information content (AvgIpc) is 2.64. The zero-order valence-corrected chi connectivity index (χ0v) is 9.66. The number of aryl methyl sites for hydroxylation is 1. The van der Waals surface area contributed by atoms with Gasteiger partial charge in [-0.05, 0) is 6.92 Å². The third-order valence-electron chi connectivity index (χ3n) is 2.45. The second kappa shape index (κ2) is 5.03. The van der Waals surface area contributed by atoms with Gasteiger partial charge in [0, 0.05) is 24.2 Å². The van der Waals surface area contributed by atoms with Crippen molar-refractivity contribution in [1.29, 1.82) is 0 Å². The van der Waals surface area contributed by atoms with E-state index in [0.29, 0.717) is 6.61 Å². The summed E-state index contributed by atoms with van der Waals surface area (Å²) in [6.45, 7) is 5.42. The second-order valence-corrected chi connectivity index (χ2v) is 4.74. The molecule has 84 valence electrons. The summed E-state index contributed by atoms with van der Waals surface area (Å²) in [7, 11) is 0. The highest BCUT2D eigenvalue weighted by Gasteiger charge is 2.20. The van der Waals surface area contributed by atoms with E-state index in [1.165, 1.54) is 0 Å². The number of rotatable bonds is 3. The fourth-order valence-electron chi connectivity index (χ4n) is 1.70. The molecule has 1 aromatic rings. The quantitative estimate of drug-likeness (QED) is 0.825.